The molecule has 5 aromatic rings. The molecule has 0 saturated carbocycles. The molecule has 0 amide bonds. The molecule has 0 N–H and O–H groups in total. The van der Waals surface area contributed by atoms with Crippen LogP contribution < -0.4 is 4.74 Å². The Morgan fingerprint density at radius 3 is 2.41 bits per heavy atom. The zero-order chi connectivity index (χ0) is 27.1. The van der Waals surface area contributed by atoms with E-state index < -0.39 is 24.0 Å². The van der Waals surface area contributed by atoms with E-state index in [1.807, 2.05) is 0 Å². The SMILES string of the molecule is O=C1OC(Oc2cccc(-c3c(C(=O)c4ccccc4)cnc4c(C(F)(F)F)cccc34)c2)c2ccccc21. The number of benzene rings is 4. The highest BCUT2D eigenvalue weighted by atomic mass is 19.4. The van der Waals surface area contributed by atoms with E-state index in [0.717, 1.165) is 6.07 Å². The number of nitrogens with zero attached hydrogens (tertiary/aromatic N) is 1. The van der Waals surface area contributed by atoms with Crippen LogP contribution in [-0.4, -0.2) is 16.7 Å². The van der Waals surface area contributed by atoms with Gasteiger partial charge in [0.15, 0.2) is 5.78 Å². The third-order valence-electron chi connectivity index (χ3n) is 6.50. The lowest BCUT2D eigenvalue weighted by Crippen LogP contribution is -2.10. The maximum Gasteiger partial charge on any atom is 0.418 e. The van der Waals surface area contributed by atoms with E-state index in [9.17, 15) is 22.8 Å². The van der Waals surface area contributed by atoms with Gasteiger partial charge in [0.1, 0.15) is 5.75 Å². The second kappa shape index (κ2) is 9.40. The van der Waals surface area contributed by atoms with Crippen molar-refractivity contribution in [3.63, 3.8) is 0 Å². The van der Waals surface area contributed by atoms with Crippen molar-refractivity contribution in [1.29, 1.82) is 0 Å². The van der Waals surface area contributed by atoms with Crippen LogP contribution in [0.1, 0.15) is 43.7 Å². The molecule has 5 nitrogen and oxygen atoms in total. The summed E-state index contributed by atoms with van der Waals surface area (Å²) < 4.78 is 52.9. The first-order chi connectivity index (χ1) is 18.8. The van der Waals surface area contributed by atoms with Crippen molar-refractivity contribution in [2.45, 2.75) is 12.5 Å². The number of ether oxygens (including phenoxy) is 2. The average Bonchev–Trinajstić information content (AvgIpc) is 3.26. The van der Waals surface area contributed by atoms with Gasteiger partial charge in [0, 0.05) is 33.8 Å². The zero-order valence-electron chi connectivity index (χ0n) is 20.1. The Hall–Kier alpha value is -4.98. The first-order valence-electron chi connectivity index (χ1n) is 12.0. The number of para-hydroxylation sites is 1. The highest BCUT2D eigenvalue weighted by Crippen LogP contribution is 2.40. The number of aromatic nitrogens is 1. The van der Waals surface area contributed by atoms with Gasteiger partial charge in [-0.1, -0.05) is 72.8 Å². The van der Waals surface area contributed by atoms with E-state index in [2.05, 4.69) is 4.98 Å². The van der Waals surface area contributed by atoms with Crippen LogP contribution in [0, 0.1) is 0 Å². The summed E-state index contributed by atoms with van der Waals surface area (Å²) in [6, 6.07) is 25.6. The summed E-state index contributed by atoms with van der Waals surface area (Å²) in [5.74, 6) is -0.596. The Morgan fingerprint density at radius 1 is 0.872 bits per heavy atom. The number of hydrogen-bond acceptors (Lipinski definition) is 5. The molecule has 4 aromatic carbocycles. The van der Waals surface area contributed by atoms with E-state index in [1.54, 1.807) is 78.9 Å². The van der Waals surface area contributed by atoms with Gasteiger partial charge in [0.05, 0.1) is 16.6 Å². The fraction of sp³-hybridized carbons (Fsp3) is 0.0645. The average molecular weight is 525 g/mol. The number of halogens is 3. The van der Waals surface area contributed by atoms with E-state index in [-0.39, 0.29) is 27.8 Å². The quantitative estimate of drug-likeness (QED) is 0.177. The maximum atomic E-state index is 13.9. The summed E-state index contributed by atoms with van der Waals surface area (Å²) in [4.78, 5) is 29.9. The molecular weight excluding hydrogens is 507 g/mol. The zero-order valence-corrected chi connectivity index (χ0v) is 20.1. The largest absolute Gasteiger partial charge is 0.450 e. The molecule has 6 rings (SSSR count). The fourth-order valence-electron chi connectivity index (χ4n) is 4.73. The van der Waals surface area contributed by atoms with Crippen LogP contribution in [0.4, 0.5) is 13.2 Å². The van der Waals surface area contributed by atoms with E-state index in [0.29, 0.717) is 28.0 Å². The van der Waals surface area contributed by atoms with Crippen LogP contribution in [0.15, 0.2) is 103 Å². The second-order valence-electron chi connectivity index (χ2n) is 8.91. The van der Waals surface area contributed by atoms with Crippen LogP contribution >= 0.6 is 0 Å². The van der Waals surface area contributed by atoms with Crippen molar-refractivity contribution in [3.8, 4) is 16.9 Å². The molecule has 0 saturated heterocycles. The number of carbonyl (C=O) groups excluding carboxylic acids is 2. The Morgan fingerprint density at radius 2 is 1.62 bits per heavy atom. The summed E-state index contributed by atoms with van der Waals surface area (Å²) in [6.45, 7) is 0. The minimum Gasteiger partial charge on any atom is -0.450 e. The Labute approximate surface area is 220 Å². The number of pyridine rings is 1. The molecule has 0 radical (unpaired) electrons. The van der Waals surface area contributed by atoms with Crippen molar-refractivity contribution in [1.82, 2.24) is 4.98 Å². The van der Waals surface area contributed by atoms with Gasteiger partial charge in [0.2, 0.25) is 0 Å². The molecule has 8 heteroatoms. The van der Waals surface area contributed by atoms with Crippen LogP contribution in [0.25, 0.3) is 22.0 Å². The molecule has 1 atom stereocenters. The number of esters is 1. The number of alkyl halides is 3. The number of carbonyl (C=O) groups is 2. The van der Waals surface area contributed by atoms with Crippen LogP contribution in [0.2, 0.25) is 0 Å². The predicted octanol–water partition coefficient (Wildman–Crippen LogP) is 7.40. The van der Waals surface area contributed by atoms with E-state index >= 15 is 0 Å². The van der Waals surface area contributed by atoms with Gasteiger partial charge in [-0.2, -0.15) is 13.2 Å². The first kappa shape index (κ1) is 24.4. The van der Waals surface area contributed by atoms with E-state index in [1.165, 1.54) is 18.3 Å². The van der Waals surface area contributed by atoms with Crippen molar-refractivity contribution in [3.05, 3.63) is 131 Å². The number of fused-ring (bicyclic) bond motifs is 2. The standard InChI is InChI=1S/C31H18F3NO4/c32-31(33,34)25-15-7-14-23-26(24(17-35-27(23)25)28(36)18-8-2-1-3-9-18)19-10-6-11-20(16-19)38-30-22-13-5-4-12-21(22)29(37)39-30/h1-17,30H. The third-order valence-corrected chi connectivity index (χ3v) is 6.50. The monoisotopic (exact) mass is 525 g/mol. The summed E-state index contributed by atoms with van der Waals surface area (Å²) in [7, 11) is 0. The highest BCUT2D eigenvalue weighted by molar-refractivity contribution is 6.16. The fourth-order valence-corrected chi connectivity index (χ4v) is 4.73. The van der Waals surface area contributed by atoms with Gasteiger partial charge in [-0.15, -0.1) is 0 Å². The number of cyclic esters (lactones) is 1. The smallest absolute Gasteiger partial charge is 0.418 e. The van der Waals surface area contributed by atoms with Gasteiger partial charge in [-0.25, -0.2) is 4.79 Å². The molecule has 0 spiro atoms. The Balaban J connectivity index is 1.50. The molecule has 192 valence electrons. The van der Waals surface area contributed by atoms with Gasteiger partial charge in [-0.05, 0) is 29.8 Å². The van der Waals surface area contributed by atoms with Gasteiger partial charge >= 0.3 is 12.1 Å². The van der Waals surface area contributed by atoms with Gasteiger partial charge in [-0.3, -0.25) is 9.78 Å². The lowest BCUT2D eigenvalue weighted by Gasteiger charge is -2.17. The number of ketones is 1. The molecule has 0 aliphatic carbocycles. The Bertz CT molecular complexity index is 1750. The lowest BCUT2D eigenvalue weighted by atomic mass is 9.91. The third kappa shape index (κ3) is 4.40. The summed E-state index contributed by atoms with van der Waals surface area (Å²) in [5, 5.41) is 0.168. The minimum atomic E-state index is -4.64. The Kier molecular flexibility index (Phi) is 5.87. The molecule has 2 heterocycles. The van der Waals surface area contributed by atoms with Gasteiger partial charge in [0.25, 0.3) is 6.29 Å². The topological polar surface area (TPSA) is 65.5 Å². The highest BCUT2D eigenvalue weighted by Gasteiger charge is 2.35. The van der Waals surface area contributed by atoms with Crippen molar-refractivity contribution >= 4 is 22.7 Å². The molecule has 1 unspecified atom stereocenters. The number of hydrogen-bond donors (Lipinski definition) is 0. The molecule has 39 heavy (non-hydrogen) atoms. The molecule has 1 aromatic heterocycles. The van der Waals surface area contributed by atoms with Crippen LogP contribution in [-0.2, 0) is 10.9 Å². The molecule has 0 fully saturated rings. The van der Waals surface area contributed by atoms with Crippen molar-refractivity contribution in [2.24, 2.45) is 0 Å². The van der Waals surface area contributed by atoms with E-state index in [4.69, 9.17) is 9.47 Å². The number of rotatable bonds is 5. The predicted molar refractivity (Wildman–Crippen MR) is 137 cm³/mol. The molecule has 1 aliphatic heterocycles. The van der Waals surface area contributed by atoms with Crippen molar-refractivity contribution < 1.29 is 32.2 Å². The minimum absolute atomic E-state index is 0.141. The normalized spacial score (nSPS) is 14.6. The first-order valence-corrected chi connectivity index (χ1v) is 12.0. The van der Waals surface area contributed by atoms with Gasteiger partial charge < -0.3 is 9.47 Å². The van der Waals surface area contributed by atoms with Crippen LogP contribution in [0.3, 0.4) is 0 Å². The summed E-state index contributed by atoms with van der Waals surface area (Å²) in [5.41, 5.74) is 1.03. The van der Waals surface area contributed by atoms with Crippen LogP contribution in [0.5, 0.6) is 5.75 Å². The second-order valence-corrected chi connectivity index (χ2v) is 8.91. The molecule has 0 bridgehead atoms. The maximum absolute atomic E-state index is 13.9. The molecule has 1 aliphatic rings. The molecular formula is C31H18F3NO4. The summed E-state index contributed by atoms with van der Waals surface area (Å²) in [6.07, 6.45) is -4.44. The summed E-state index contributed by atoms with van der Waals surface area (Å²) >= 11 is 0. The van der Waals surface area contributed by atoms with Crippen molar-refractivity contribution in [2.75, 3.05) is 0 Å². The lowest BCUT2D eigenvalue weighted by molar-refractivity contribution is -0.136.